The van der Waals surface area contributed by atoms with Crippen LogP contribution < -0.4 is 0 Å². The number of hydrogen-bond acceptors (Lipinski definition) is 2. The highest BCUT2D eigenvalue weighted by Gasteiger charge is 2.67. The van der Waals surface area contributed by atoms with Crippen molar-refractivity contribution in [2.75, 3.05) is 6.61 Å². The van der Waals surface area contributed by atoms with E-state index in [0.29, 0.717) is 30.4 Å². The van der Waals surface area contributed by atoms with Crippen molar-refractivity contribution in [2.24, 2.45) is 17.3 Å². The average Bonchev–Trinajstić information content (AvgIpc) is 3.51. The number of nitrogens with zero attached hydrogens (tertiary/aromatic N) is 1. The average molecular weight is 500 g/mol. The third-order valence-electron chi connectivity index (χ3n) is 10.6. The summed E-state index contributed by atoms with van der Waals surface area (Å²) in [5.41, 5.74) is 7.60. The molecule has 2 saturated carbocycles. The van der Waals surface area contributed by atoms with E-state index >= 15 is 0 Å². The van der Waals surface area contributed by atoms with Gasteiger partial charge < -0.3 is 4.74 Å². The molecule has 2 aromatic rings. The minimum Gasteiger partial charge on any atom is -0.370 e. The molecule has 37 heavy (non-hydrogen) atoms. The van der Waals surface area contributed by atoms with E-state index in [1.165, 1.54) is 18.4 Å². The van der Waals surface area contributed by atoms with Crippen LogP contribution in [0, 0.1) is 17.3 Å². The lowest BCUT2D eigenvalue weighted by Crippen LogP contribution is -2.52. The second-order valence-electron chi connectivity index (χ2n) is 12.0. The molecule has 0 radical (unpaired) electrons. The van der Waals surface area contributed by atoms with Gasteiger partial charge in [-0.2, -0.15) is 8.78 Å². The molecule has 5 atom stereocenters. The lowest BCUT2D eigenvalue weighted by molar-refractivity contribution is -0.0892. The topological polar surface area (TPSA) is 22.1 Å². The predicted octanol–water partition coefficient (Wildman–Crippen LogP) is 8.78. The van der Waals surface area contributed by atoms with Crippen LogP contribution in [0.15, 0.2) is 83.2 Å². The third-order valence-corrected chi connectivity index (χ3v) is 10.6. The number of aromatic nitrogens is 1. The summed E-state index contributed by atoms with van der Waals surface area (Å²) in [7, 11) is 0. The molecule has 1 spiro atoms. The molecule has 0 bridgehead atoms. The van der Waals surface area contributed by atoms with Crippen LogP contribution in [0.1, 0.15) is 76.2 Å². The van der Waals surface area contributed by atoms with E-state index in [1.54, 1.807) is 22.9 Å². The molecule has 0 amide bonds. The van der Waals surface area contributed by atoms with Gasteiger partial charge in [0.25, 0.3) is 6.08 Å². The summed E-state index contributed by atoms with van der Waals surface area (Å²) in [5, 5.41) is 0. The summed E-state index contributed by atoms with van der Waals surface area (Å²) in [4.78, 5) is 4.29. The Hall–Kier alpha value is -2.59. The molecule has 2 nitrogen and oxygen atoms in total. The molecule has 1 aliphatic heterocycles. The Labute approximate surface area is 218 Å². The van der Waals surface area contributed by atoms with Gasteiger partial charge in [-0.3, -0.25) is 4.98 Å². The Bertz CT molecular complexity index is 1310. The van der Waals surface area contributed by atoms with E-state index in [-0.39, 0.29) is 11.3 Å². The van der Waals surface area contributed by atoms with Crippen LogP contribution in [0.25, 0.3) is 11.1 Å². The van der Waals surface area contributed by atoms with Crippen molar-refractivity contribution in [3.05, 3.63) is 88.8 Å². The first-order valence-electron chi connectivity index (χ1n) is 14.1. The minimum absolute atomic E-state index is 0.245. The van der Waals surface area contributed by atoms with Crippen molar-refractivity contribution >= 4 is 0 Å². The number of ether oxygens (including phenoxy) is 1. The lowest BCUT2D eigenvalue weighted by Gasteiger charge is -2.55. The Morgan fingerprint density at radius 1 is 1.03 bits per heavy atom. The molecule has 3 fully saturated rings. The summed E-state index contributed by atoms with van der Waals surface area (Å²) in [6.45, 7) is 2.72. The molecule has 1 aromatic carbocycles. The van der Waals surface area contributed by atoms with Crippen molar-refractivity contribution in [2.45, 2.75) is 76.2 Å². The number of pyridine rings is 1. The molecule has 1 aromatic heterocycles. The highest BCUT2D eigenvalue weighted by Crippen LogP contribution is 2.70. The molecule has 7 rings (SSSR count). The highest BCUT2D eigenvalue weighted by atomic mass is 19.3. The summed E-state index contributed by atoms with van der Waals surface area (Å²) < 4.78 is 35.1. The maximum absolute atomic E-state index is 14.3. The number of rotatable bonds is 2. The lowest BCUT2D eigenvalue weighted by atomic mass is 9.50. The van der Waals surface area contributed by atoms with E-state index in [2.05, 4.69) is 48.3 Å². The molecule has 0 unspecified atom stereocenters. The van der Waals surface area contributed by atoms with Gasteiger partial charge in [0.1, 0.15) is 5.60 Å². The van der Waals surface area contributed by atoms with E-state index in [0.717, 1.165) is 49.7 Å². The van der Waals surface area contributed by atoms with Crippen LogP contribution in [-0.2, 0) is 4.74 Å². The van der Waals surface area contributed by atoms with Crippen molar-refractivity contribution < 1.29 is 13.5 Å². The van der Waals surface area contributed by atoms with Gasteiger partial charge in [0.2, 0.25) is 0 Å². The Balaban J connectivity index is 1.36. The van der Waals surface area contributed by atoms with Crippen LogP contribution in [0.2, 0.25) is 0 Å². The van der Waals surface area contributed by atoms with Gasteiger partial charge in [-0.1, -0.05) is 48.9 Å². The Morgan fingerprint density at radius 2 is 1.89 bits per heavy atom. The summed E-state index contributed by atoms with van der Waals surface area (Å²) in [6, 6.07) is 13.1. The quantitative estimate of drug-likeness (QED) is 0.412. The van der Waals surface area contributed by atoms with Crippen LogP contribution in [0.5, 0.6) is 0 Å². The van der Waals surface area contributed by atoms with Crippen LogP contribution in [-0.4, -0.2) is 17.2 Å². The smallest absolute Gasteiger partial charge is 0.272 e. The largest absolute Gasteiger partial charge is 0.370 e. The summed E-state index contributed by atoms with van der Waals surface area (Å²) >= 11 is 0. The van der Waals surface area contributed by atoms with Crippen LogP contribution >= 0.6 is 0 Å². The van der Waals surface area contributed by atoms with Gasteiger partial charge in [0.15, 0.2) is 0 Å². The molecular weight excluding hydrogens is 464 g/mol. The standard InChI is InChI=1S/C33H35F2NO/c1-32-19-27(23-10-8-21(9-11-23)24-6-4-17-36-20-24)30-25-7-3-2-5-22(25)12-13-26(30)28(32)14-16-33(32)29(31(34)35)15-18-37-33/h4-6,8-11,17,20,26-28H,2-3,7,12-16,18-19H2,1H3/t26-,27+,28-,32-,33-/m0/s1. The first-order valence-corrected chi connectivity index (χ1v) is 14.1. The maximum atomic E-state index is 14.3. The second-order valence-corrected chi connectivity index (χ2v) is 12.0. The van der Waals surface area contributed by atoms with Crippen molar-refractivity contribution in [3.63, 3.8) is 0 Å². The molecular formula is C33H35F2NO. The van der Waals surface area contributed by atoms with E-state index in [9.17, 15) is 8.78 Å². The Kier molecular flexibility index (Phi) is 5.55. The fraction of sp³-hybridized carbons (Fsp3) is 0.485. The van der Waals surface area contributed by atoms with Gasteiger partial charge in [-0.15, -0.1) is 0 Å². The Morgan fingerprint density at radius 3 is 2.68 bits per heavy atom. The monoisotopic (exact) mass is 499 g/mol. The fourth-order valence-electron chi connectivity index (χ4n) is 9.09. The first kappa shape index (κ1) is 23.5. The zero-order valence-corrected chi connectivity index (χ0v) is 21.6. The number of allylic oxidation sites excluding steroid dienone is 4. The van der Waals surface area contributed by atoms with Crippen molar-refractivity contribution in [1.29, 1.82) is 0 Å². The number of fused-ring (bicyclic) bond motifs is 5. The zero-order chi connectivity index (χ0) is 25.2. The van der Waals surface area contributed by atoms with Crippen molar-refractivity contribution in [1.82, 2.24) is 4.98 Å². The van der Waals surface area contributed by atoms with Crippen LogP contribution in [0.4, 0.5) is 8.78 Å². The van der Waals surface area contributed by atoms with Crippen LogP contribution in [0.3, 0.4) is 0 Å². The van der Waals surface area contributed by atoms with E-state index in [4.69, 9.17) is 4.74 Å². The predicted molar refractivity (Wildman–Crippen MR) is 142 cm³/mol. The molecule has 1 saturated heterocycles. The molecule has 4 heteroatoms. The van der Waals surface area contributed by atoms with Gasteiger partial charge >= 0.3 is 0 Å². The van der Waals surface area contributed by atoms with Gasteiger partial charge in [0.05, 0.1) is 6.61 Å². The zero-order valence-electron chi connectivity index (χ0n) is 21.6. The second kappa shape index (κ2) is 8.73. The highest BCUT2D eigenvalue weighted by molar-refractivity contribution is 5.63. The summed E-state index contributed by atoms with van der Waals surface area (Å²) in [5.74, 6) is 1.10. The number of hydrogen-bond donors (Lipinski definition) is 0. The minimum atomic E-state index is -1.50. The first-order chi connectivity index (χ1) is 18.0. The molecule has 192 valence electrons. The number of benzene rings is 1. The van der Waals surface area contributed by atoms with Gasteiger partial charge in [-0.05, 0) is 97.1 Å². The molecule has 4 aliphatic carbocycles. The molecule has 0 N–H and O–H groups in total. The molecule has 2 heterocycles. The normalized spacial score (nSPS) is 34.7. The molecule has 5 aliphatic rings. The van der Waals surface area contributed by atoms with E-state index in [1.807, 2.05) is 12.3 Å². The van der Waals surface area contributed by atoms with Crippen molar-refractivity contribution in [3.8, 4) is 11.1 Å². The number of halogens is 2. The third kappa shape index (κ3) is 3.40. The SMILES string of the molecule is C[C@]12C[C@H](c3ccc(-c4cccnc4)cc3)C3=C4CCCC=C4CC[C@H]3[C@@H]1CC[C@@]21OCCC1=C(F)F. The van der Waals surface area contributed by atoms with Gasteiger partial charge in [-0.25, -0.2) is 0 Å². The van der Waals surface area contributed by atoms with Gasteiger partial charge in [0, 0.05) is 35.7 Å². The maximum Gasteiger partial charge on any atom is 0.272 e. The summed E-state index contributed by atoms with van der Waals surface area (Å²) in [6.07, 6.45) is 13.5. The fourth-order valence-corrected chi connectivity index (χ4v) is 9.09. The van der Waals surface area contributed by atoms with E-state index < -0.39 is 11.7 Å².